The predicted octanol–water partition coefficient (Wildman–Crippen LogP) is 4.61. The largest absolute Gasteiger partial charge is 0.497 e. The van der Waals surface area contributed by atoms with Gasteiger partial charge in [0.05, 0.1) is 20.4 Å². The van der Waals surface area contributed by atoms with Gasteiger partial charge in [0.1, 0.15) is 17.8 Å². The Hall–Kier alpha value is -2.64. The molecule has 4 rings (SSSR count). The summed E-state index contributed by atoms with van der Waals surface area (Å²) in [6, 6.07) is 16.6. The Kier molecular flexibility index (Phi) is 5.97. The molecular formula is C22H26N4O2S. The predicted molar refractivity (Wildman–Crippen MR) is 115 cm³/mol. The number of ether oxygens (including phenoxy) is 2. The monoisotopic (exact) mass is 410 g/mol. The van der Waals surface area contributed by atoms with Crippen molar-refractivity contribution in [3.05, 3.63) is 65.2 Å². The van der Waals surface area contributed by atoms with Gasteiger partial charge in [-0.2, -0.15) is 5.10 Å². The zero-order valence-electron chi connectivity index (χ0n) is 16.8. The second-order valence-corrected chi connectivity index (χ2v) is 7.46. The maximum atomic E-state index is 5.69. The van der Waals surface area contributed by atoms with E-state index in [1.807, 2.05) is 40.4 Å². The van der Waals surface area contributed by atoms with Gasteiger partial charge < -0.3 is 9.47 Å². The third-order valence-electron chi connectivity index (χ3n) is 5.34. The molecule has 3 aromatic rings. The number of rotatable bonds is 7. The molecule has 1 atom stereocenters. The van der Waals surface area contributed by atoms with Crippen molar-refractivity contribution in [1.82, 2.24) is 19.2 Å². The highest BCUT2D eigenvalue weighted by Gasteiger charge is 2.26. The highest BCUT2D eigenvalue weighted by molar-refractivity contribution is 7.71. The number of hydrogen-bond acceptors (Lipinski definition) is 5. The van der Waals surface area contributed by atoms with E-state index in [0.29, 0.717) is 24.1 Å². The minimum Gasteiger partial charge on any atom is -0.497 e. The molecule has 1 saturated heterocycles. The first-order valence-corrected chi connectivity index (χ1v) is 10.4. The molecular weight excluding hydrogens is 384 g/mol. The lowest BCUT2D eigenvalue weighted by molar-refractivity contribution is 0.190. The fourth-order valence-electron chi connectivity index (χ4n) is 3.85. The van der Waals surface area contributed by atoms with Crippen LogP contribution in [0.1, 0.15) is 31.4 Å². The van der Waals surface area contributed by atoms with E-state index >= 15 is 0 Å². The maximum Gasteiger partial charge on any atom is 0.203 e. The van der Waals surface area contributed by atoms with Crippen LogP contribution in [-0.4, -0.2) is 39.5 Å². The maximum absolute atomic E-state index is 5.69. The molecule has 152 valence electrons. The number of hydrogen-bond donors (Lipinski definition) is 0. The molecule has 0 unspecified atom stereocenters. The standard InChI is InChI=1S/C22H26N4O2S/c1-3-28-20-10-6-17(7-11-20)21-5-4-14-24(21)16-26-22(29)25(15-23-26)18-8-12-19(27-2)13-9-18/h6-13,15,21H,3-5,14,16H2,1-2H3/t21-/m0/s1. The van der Waals surface area contributed by atoms with Gasteiger partial charge in [0.25, 0.3) is 0 Å². The van der Waals surface area contributed by atoms with Gasteiger partial charge in [-0.15, -0.1) is 0 Å². The fourth-order valence-corrected chi connectivity index (χ4v) is 4.11. The van der Waals surface area contributed by atoms with Gasteiger partial charge in [0.15, 0.2) is 0 Å². The molecule has 0 saturated carbocycles. The second-order valence-electron chi connectivity index (χ2n) is 7.09. The Morgan fingerprint density at radius 2 is 1.79 bits per heavy atom. The van der Waals surface area contributed by atoms with Crippen molar-refractivity contribution in [3.8, 4) is 17.2 Å². The zero-order valence-corrected chi connectivity index (χ0v) is 17.6. The van der Waals surface area contributed by atoms with Crippen LogP contribution in [0.4, 0.5) is 0 Å². The van der Waals surface area contributed by atoms with Crippen LogP contribution < -0.4 is 9.47 Å². The summed E-state index contributed by atoms with van der Waals surface area (Å²) in [5.74, 6) is 1.74. The summed E-state index contributed by atoms with van der Waals surface area (Å²) < 4.78 is 15.3. The number of methoxy groups -OCH3 is 1. The molecule has 7 heteroatoms. The van der Waals surface area contributed by atoms with Crippen molar-refractivity contribution in [2.24, 2.45) is 0 Å². The van der Waals surface area contributed by atoms with E-state index < -0.39 is 0 Å². The molecule has 2 aromatic carbocycles. The number of aromatic nitrogens is 3. The van der Waals surface area contributed by atoms with Crippen LogP contribution in [0.25, 0.3) is 5.69 Å². The Morgan fingerprint density at radius 1 is 1.07 bits per heavy atom. The SMILES string of the molecule is CCOc1ccc([C@@H]2CCCN2Cn2ncn(-c3ccc(OC)cc3)c2=S)cc1. The van der Waals surface area contributed by atoms with Gasteiger partial charge in [0.2, 0.25) is 4.77 Å². The van der Waals surface area contributed by atoms with Crippen LogP contribution in [0, 0.1) is 4.77 Å². The number of likely N-dealkylation sites (tertiary alicyclic amines) is 1. The molecule has 0 radical (unpaired) electrons. The third kappa shape index (κ3) is 4.21. The average Bonchev–Trinajstić information content (AvgIpc) is 3.36. The lowest BCUT2D eigenvalue weighted by Gasteiger charge is -2.24. The molecule has 0 bridgehead atoms. The van der Waals surface area contributed by atoms with E-state index in [1.54, 1.807) is 13.4 Å². The van der Waals surface area contributed by atoms with Gasteiger partial charge in [-0.1, -0.05) is 12.1 Å². The number of benzene rings is 2. The first-order chi connectivity index (χ1) is 14.2. The zero-order chi connectivity index (χ0) is 20.2. The molecule has 0 amide bonds. The molecule has 1 aromatic heterocycles. The van der Waals surface area contributed by atoms with Crippen molar-refractivity contribution in [2.75, 3.05) is 20.3 Å². The van der Waals surface area contributed by atoms with Crippen LogP contribution in [0.5, 0.6) is 11.5 Å². The van der Waals surface area contributed by atoms with Crippen LogP contribution in [-0.2, 0) is 6.67 Å². The summed E-state index contributed by atoms with van der Waals surface area (Å²) in [6.45, 7) is 4.40. The summed E-state index contributed by atoms with van der Waals surface area (Å²) in [6.07, 6.45) is 4.09. The minimum atomic E-state index is 0.374. The van der Waals surface area contributed by atoms with Gasteiger partial charge >= 0.3 is 0 Å². The Balaban J connectivity index is 1.51. The second kappa shape index (κ2) is 8.80. The molecule has 1 fully saturated rings. The van der Waals surface area contributed by atoms with Crippen LogP contribution in [0.15, 0.2) is 54.9 Å². The highest BCUT2D eigenvalue weighted by atomic mass is 32.1. The summed E-state index contributed by atoms with van der Waals surface area (Å²) in [5, 5.41) is 4.55. The first-order valence-electron chi connectivity index (χ1n) is 9.95. The van der Waals surface area contributed by atoms with Crippen LogP contribution in [0.3, 0.4) is 0 Å². The molecule has 2 heterocycles. The normalized spacial score (nSPS) is 16.8. The smallest absolute Gasteiger partial charge is 0.203 e. The van der Waals surface area contributed by atoms with Gasteiger partial charge in [-0.05, 0) is 73.9 Å². The van der Waals surface area contributed by atoms with Crippen molar-refractivity contribution < 1.29 is 9.47 Å². The summed E-state index contributed by atoms with van der Waals surface area (Å²) >= 11 is 5.69. The third-order valence-corrected chi connectivity index (χ3v) is 5.75. The molecule has 0 N–H and O–H groups in total. The lowest BCUT2D eigenvalue weighted by Crippen LogP contribution is -2.27. The molecule has 1 aliphatic heterocycles. The average molecular weight is 411 g/mol. The molecule has 6 nitrogen and oxygen atoms in total. The van der Waals surface area contributed by atoms with Gasteiger partial charge in [0, 0.05) is 18.3 Å². The van der Waals surface area contributed by atoms with E-state index in [9.17, 15) is 0 Å². The Bertz CT molecular complexity index is 995. The van der Waals surface area contributed by atoms with E-state index in [-0.39, 0.29) is 0 Å². The van der Waals surface area contributed by atoms with E-state index in [0.717, 1.165) is 30.2 Å². The Labute approximate surface area is 176 Å². The van der Waals surface area contributed by atoms with Crippen molar-refractivity contribution in [3.63, 3.8) is 0 Å². The van der Waals surface area contributed by atoms with Gasteiger partial charge in [-0.25, -0.2) is 4.68 Å². The molecule has 29 heavy (non-hydrogen) atoms. The van der Waals surface area contributed by atoms with Crippen molar-refractivity contribution >= 4 is 12.2 Å². The number of nitrogens with zero attached hydrogens (tertiary/aromatic N) is 4. The summed E-state index contributed by atoms with van der Waals surface area (Å²) in [5.41, 5.74) is 2.29. The van der Waals surface area contributed by atoms with Gasteiger partial charge in [-0.3, -0.25) is 9.47 Å². The lowest BCUT2D eigenvalue weighted by atomic mass is 10.0. The molecule has 0 aliphatic carbocycles. The first kappa shape index (κ1) is 19.7. The van der Waals surface area contributed by atoms with Crippen LogP contribution in [0.2, 0.25) is 0 Å². The summed E-state index contributed by atoms with van der Waals surface area (Å²) in [7, 11) is 1.66. The topological polar surface area (TPSA) is 44.5 Å². The molecule has 1 aliphatic rings. The van der Waals surface area contributed by atoms with Crippen LogP contribution >= 0.6 is 12.2 Å². The highest BCUT2D eigenvalue weighted by Crippen LogP contribution is 2.33. The quantitative estimate of drug-likeness (QED) is 0.533. The fraction of sp³-hybridized carbons (Fsp3) is 0.364. The molecule has 0 spiro atoms. The van der Waals surface area contributed by atoms with E-state index in [4.69, 9.17) is 21.7 Å². The Morgan fingerprint density at radius 3 is 2.48 bits per heavy atom. The van der Waals surface area contributed by atoms with E-state index in [1.165, 1.54) is 12.0 Å². The minimum absolute atomic E-state index is 0.374. The van der Waals surface area contributed by atoms with E-state index in [2.05, 4.69) is 34.3 Å². The van der Waals surface area contributed by atoms with Crippen molar-refractivity contribution in [2.45, 2.75) is 32.5 Å². The van der Waals surface area contributed by atoms with Crippen molar-refractivity contribution in [1.29, 1.82) is 0 Å². The summed E-state index contributed by atoms with van der Waals surface area (Å²) in [4.78, 5) is 2.44.